The lowest BCUT2D eigenvalue weighted by atomic mass is 9.74. The fourth-order valence-electron chi connectivity index (χ4n) is 4.15. The number of allylic oxidation sites excluding steroid dienone is 2. The smallest absolute Gasteiger partial charge is 0.241 e. The summed E-state index contributed by atoms with van der Waals surface area (Å²) in [5.41, 5.74) is 1.05. The average molecular weight is 302 g/mol. The molecule has 1 spiro atoms. The van der Waals surface area contributed by atoms with Crippen LogP contribution in [-0.4, -0.2) is 11.8 Å². The maximum atomic E-state index is 13.0. The van der Waals surface area contributed by atoms with Gasteiger partial charge in [-0.05, 0) is 49.3 Å². The minimum Gasteiger partial charge on any atom is -0.274 e. The summed E-state index contributed by atoms with van der Waals surface area (Å²) in [5.74, 6) is 0.559. The van der Waals surface area contributed by atoms with Crippen molar-refractivity contribution in [1.82, 2.24) is 0 Å². The van der Waals surface area contributed by atoms with E-state index in [-0.39, 0.29) is 17.7 Å². The quantitative estimate of drug-likeness (QED) is 0.588. The van der Waals surface area contributed by atoms with E-state index in [4.69, 9.17) is 11.6 Å². The lowest BCUT2D eigenvalue weighted by molar-refractivity contribution is -0.126. The van der Waals surface area contributed by atoms with Crippen LogP contribution in [0.25, 0.3) is 0 Å². The molecule has 1 heterocycles. The molecule has 0 radical (unpaired) electrons. The first-order valence-corrected chi connectivity index (χ1v) is 7.71. The number of fused-ring (bicyclic) bond motifs is 3. The molecule has 108 valence electrons. The van der Waals surface area contributed by atoms with Gasteiger partial charge in [-0.2, -0.15) is 0 Å². The third-order valence-electron chi connectivity index (χ3n) is 5.27. The minimum absolute atomic E-state index is 0.0377. The van der Waals surface area contributed by atoms with Gasteiger partial charge in [-0.3, -0.25) is 9.59 Å². The molecule has 2 aliphatic carbocycles. The molecule has 2 fully saturated rings. The van der Waals surface area contributed by atoms with Crippen LogP contribution in [0.5, 0.6) is 0 Å². The second kappa shape index (κ2) is 4.20. The van der Waals surface area contributed by atoms with Crippen molar-refractivity contribution in [2.75, 3.05) is 4.90 Å². The van der Waals surface area contributed by atoms with Crippen molar-refractivity contribution in [3.8, 4) is 0 Å². The Bertz CT molecular complexity index is 696. The highest BCUT2D eigenvalue weighted by Gasteiger charge is 2.60. The number of benzene rings is 1. The molecule has 2 amide bonds. The van der Waals surface area contributed by atoms with E-state index in [0.717, 1.165) is 18.4 Å². The molecule has 3 atom stereocenters. The Labute approximate surface area is 128 Å². The molecule has 1 saturated heterocycles. The largest absolute Gasteiger partial charge is 0.274 e. The first kappa shape index (κ1) is 13.1. The Hall–Kier alpha value is -1.61. The van der Waals surface area contributed by atoms with Gasteiger partial charge in [0.15, 0.2) is 0 Å². The van der Waals surface area contributed by atoms with Gasteiger partial charge in [0.2, 0.25) is 11.8 Å². The standard InChI is InChI=1S/C17H16ClNO2/c1-10-2-5-13(7-14(10)18)19-15(20)9-17(16(19)21)8-11-3-4-12(17)6-11/h2-5,7,11-12H,6,8-9H2,1H3/t11-,12+,17+/m1/s1. The van der Waals surface area contributed by atoms with E-state index in [0.29, 0.717) is 23.0 Å². The van der Waals surface area contributed by atoms with Gasteiger partial charge in [-0.15, -0.1) is 0 Å². The van der Waals surface area contributed by atoms with Gasteiger partial charge >= 0.3 is 0 Å². The van der Waals surface area contributed by atoms with Gasteiger partial charge in [-0.25, -0.2) is 4.90 Å². The molecule has 1 aliphatic heterocycles. The fraction of sp³-hybridized carbons (Fsp3) is 0.412. The molecular formula is C17H16ClNO2. The van der Waals surface area contributed by atoms with Gasteiger partial charge in [0.05, 0.1) is 11.1 Å². The van der Waals surface area contributed by atoms with E-state index < -0.39 is 5.41 Å². The summed E-state index contributed by atoms with van der Waals surface area (Å²) in [6, 6.07) is 5.37. The molecule has 2 bridgehead atoms. The first-order chi connectivity index (χ1) is 10.0. The lowest BCUT2D eigenvalue weighted by Gasteiger charge is -2.28. The zero-order chi connectivity index (χ0) is 14.8. The van der Waals surface area contributed by atoms with Crippen molar-refractivity contribution in [1.29, 1.82) is 0 Å². The highest BCUT2D eigenvalue weighted by atomic mass is 35.5. The zero-order valence-electron chi connectivity index (χ0n) is 11.8. The van der Waals surface area contributed by atoms with Gasteiger partial charge in [0.25, 0.3) is 0 Å². The summed E-state index contributed by atoms with van der Waals surface area (Å²) in [7, 11) is 0. The topological polar surface area (TPSA) is 37.4 Å². The van der Waals surface area contributed by atoms with Crippen LogP contribution in [0.15, 0.2) is 30.4 Å². The van der Waals surface area contributed by atoms with E-state index in [1.165, 1.54) is 4.90 Å². The Kier molecular flexibility index (Phi) is 2.62. The highest BCUT2D eigenvalue weighted by Crippen LogP contribution is 2.57. The monoisotopic (exact) mass is 301 g/mol. The Morgan fingerprint density at radius 1 is 1.29 bits per heavy atom. The maximum absolute atomic E-state index is 13.0. The first-order valence-electron chi connectivity index (χ1n) is 7.33. The summed E-state index contributed by atoms with van der Waals surface area (Å²) in [6.45, 7) is 1.90. The number of hydrogen-bond donors (Lipinski definition) is 0. The van der Waals surface area contributed by atoms with E-state index in [1.807, 2.05) is 13.0 Å². The third-order valence-corrected chi connectivity index (χ3v) is 5.67. The molecule has 0 unspecified atom stereocenters. The average Bonchev–Trinajstić information content (AvgIpc) is 3.09. The third kappa shape index (κ3) is 1.67. The molecule has 0 N–H and O–H groups in total. The number of imide groups is 1. The van der Waals surface area contributed by atoms with Crippen molar-refractivity contribution in [3.05, 3.63) is 40.9 Å². The number of carbonyl (C=O) groups is 2. The molecule has 0 aromatic heterocycles. The van der Waals surface area contributed by atoms with Crippen LogP contribution in [0.3, 0.4) is 0 Å². The van der Waals surface area contributed by atoms with Crippen LogP contribution in [0.4, 0.5) is 5.69 Å². The SMILES string of the molecule is Cc1ccc(N2C(=O)C[C@]3(C[C@@H]4C=C[C@H]3C4)C2=O)cc1Cl. The zero-order valence-corrected chi connectivity index (χ0v) is 12.6. The van der Waals surface area contributed by atoms with Crippen LogP contribution in [-0.2, 0) is 9.59 Å². The molecule has 4 rings (SSSR count). The van der Waals surface area contributed by atoms with Crippen molar-refractivity contribution in [2.45, 2.75) is 26.2 Å². The normalized spacial score (nSPS) is 33.7. The molecule has 21 heavy (non-hydrogen) atoms. The van der Waals surface area contributed by atoms with Gasteiger partial charge in [-0.1, -0.05) is 29.8 Å². The summed E-state index contributed by atoms with van der Waals surface area (Å²) >= 11 is 6.14. The number of aryl methyl sites for hydroxylation is 1. The number of nitrogens with zero attached hydrogens (tertiary/aromatic N) is 1. The van der Waals surface area contributed by atoms with Gasteiger partial charge in [0.1, 0.15) is 0 Å². The van der Waals surface area contributed by atoms with Crippen molar-refractivity contribution in [3.63, 3.8) is 0 Å². The maximum Gasteiger partial charge on any atom is 0.241 e. The second-order valence-corrected chi connectivity index (χ2v) is 6.90. The molecule has 3 aliphatic rings. The lowest BCUT2D eigenvalue weighted by Crippen LogP contribution is -2.38. The van der Waals surface area contributed by atoms with Crippen molar-refractivity contribution < 1.29 is 9.59 Å². The minimum atomic E-state index is -0.492. The second-order valence-electron chi connectivity index (χ2n) is 6.49. The summed E-state index contributed by atoms with van der Waals surface area (Å²) in [5, 5.41) is 0.585. The summed E-state index contributed by atoms with van der Waals surface area (Å²) in [4.78, 5) is 26.8. The number of anilines is 1. The summed E-state index contributed by atoms with van der Waals surface area (Å²) < 4.78 is 0. The number of hydrogen-bond acceptors (Lipinski definition) is 2. The van der Waals surface area contributed by atoms with Crippen molar-refractivity contribution >= 4 is 29.1 Å². The van der Waals surface area contributed by atoms with Gasteiger partial charge < -0.3 is 0 Å². The Balaban J connectivity index is 1.74. The number of carbonyl (C=O) groups excluding carboxylic acids is 2. The summed E-state index contributed by atoms with van der Waals surface area (Å²) in [6.07, 6.45) is 6.49. The van der Waals surface area contributed by atoms with Crippen LogP contribution >= 0.6 is 11.6 Å². The molecular weight excluding hydrogens is 286 g/mol. The predicted molar refractivity (Wildman–Crippen MR) is 81.1 cm³/mol. The molecule has 1 aromatic carbocycles. The van der Waals surface area contributed by atoms with E-state index in [2.05, 4.69) is 12.2 Å². The van der Waals surface area contributed by atoms with E-state index in [9.17, 15) is 9.59 Å². The van der Waals surface area contributed by atoms with E-state index in [1.54, 1.807) is 12.1 Å². The fourth-order valence-corrected chi connectivity index (χ4v) is 4.32. The number of halogens is 1. The number of amides is 2. The van der Waals surface area contributed by atoms with Crippen LogP contribution in [0, 0.1) is 24.2 Å². The van der Waals surface area contributed by atoms with Gasteiger partial charge in [0, 0.05) is 11.4 Å². The van der Waals surface area contributed by atoms with Crippen molar-refractivity contribution in [2.24, 2.45) is 17.3 Å². The van der Waals surface area contributed by atoms with Crippen LogP contribution in [0.2, 0.25) is 5.02 Å². The highest BCUT2D eigenvalue weighted by molar-refractivity contribution is 6.32. The van der Waals surface area contributed by atoms with Crippen LogP contribution in [0.1, 0.15) is 24.8 Å². The van der Waals surface area contributed by atoms with Crippen LogP contribution < -0.4 is 4.90 Å². The molecule has 1 saturated carbocycles. The predicted octanol–water partition coefficient (Wildman–Crippen LogP) is 3.49. The molecule has 3 nitrogen and oxygen atoms in total. The Morgan fingerprint density at radius 3 is 2.71 bits per heavy atom. The molecule has 1 aromatic rings. The molecule has 4 heteroatoms. The van der Waals surface area contributed by atoms with E-state index >= 15 is 0 Å². The number of rotatable bonds is 1. The Morgan fingerprint density at radius 2 is 2.10 bits per heavy atom.